The van der Waals surface area contributed by atoms with Crippen molar-refractivity contribution in [2.24, 2.45) is 0 Å². The van der Waals surface area contributed by atoms with Crippen LogP contribution >= 0.6 is 11.8 Å². The van der Waals surface area contributed by atoms with Crippen LogP contribution in [-0.4, -0.2) is 36.9 Å². The standard InChI is InChI=1S/C11H20N4O2S2/c1-18-7-5-3-2-4-6-15-19(16,17)10-8-13-11(12)14-9-10/h8-9,15H,2-7H2,1H3,(H2,12,13,14). The molecule has 1 heterocycles. The van der Waals surface area contributed by atoms with E-state index < -0.39 is 10.0 Å². The van der Waals surface area contributed by atoms with Crippen LogP contribution in [-0.2, 0) is 10.0 Å². The quantitative estimate of drug-likeness (QED) is 0.667. The minimum atomic E-state index is -3.51. The highest BCUT2D eigenvalue weighted by atomic mass is 32.2. The maximum atomic E-state index is 11.8. The smallest absolute Gasteiger partial charge is 0.243 e. The van der Waals surface area contributed by atoms with Crippen molar-refractivity contribution in [3.05, 3.63) is 12.4 Å². The Morgan fingerprint density at radius 2 is 1.84 bits per heavy atom. The molecule has 0 aliphatic rings. The number of unbranched alkanes of at least 4 members (excludes halogenated alkanes) is 3. The fourth-order valence-corrected chi connectivity index (χ4v) is 2.94. The Kier molecular flexibility index (Phi) is 7.11. The van der Waals surface area contributed by atoms with Gasteiger partial charge in [-0.2, -0.15) is 11.8 Å². The van der Waals surface area contributed by atoms with Gasteiger partial charge in [0.05, 0.1) is 12.4 Å². The lowest BCUT2D eigenvalue weighted by Gasteiger charge is -2.06. The Bertz CT molecular complexity index is 462. The summed E-state index contributed by atoms with van der Waals surface area (Å²) >= 11 is 1.83. The Labute approximate surface area is 118 Å². The Hall–Kier alpha value is -0.860. The van der Waals surface area contributed by atoms with Gasteiger partial charge in [0, 0.05) is 6.54 Å². The van der Waals surface area contributed by atoms with E-state index in [0.29, 0.717) is 6.54 Å². The minimum Gasteiger partial charge on any atom is -0.368 e. The number of rotatable bonds is 9. The van der Waals surface area contributed by atoms with Gasteiger partial charge in [0.15, 0.2) is 0 Å². The van der Waals surface area contributed by atoms with E-state index in [4.69, 9.17) is 5.73 Å². The first-order valence-electron chi connectivity index (χ1n) is 6.12. The Morgan fingerprint density at radius 3 is 2.47 bits per heavy atom. The van der Waals surface area contributed by atoms with Crippen LogP contribution < -0.4 is 10.5 Å². The van der Waals surface area contributed by atoms with E-state index in [9.17, 15) is 8.42 Å². The molecule has 0 atom stereocenters. The van der Waals surface area contributed by atoms with Crippen molar-refractivity contribution in [1.29, 1.82) is 0 Å². The molecule has 19 heavy (non-hydrogen) atoms. The summed E-state index contributed by atoms with van der Waals surface area (Å²) in [7, 11) is -3.51. The van der Waals surface area contributed by atoms with E-state index in [1.54, 1.807) is 0 Å². The fourth-order valence-electron chi connectivity index (χ4n) is 1.48. The summed E-state index contributed by atoms with van der Waals surface area (Å²) in [5.41, 5.74) is 5.31. The second-order valence-electron chi connectivity index (χ2n) is 4.08. The van der Waals surface area contributed by atoms with Gasteiger partial charge in [-0.3, -0.25) is 0 Å². The van der Waals surface area contributed by atoms with Gasteiger partial charge in [-0.25, -0.2) is 23.1 Å². The van der Waals surface area contributed by atoms with Crippen LogP contribution in [0.5, 0.6) is 0 Å². The Morgan fingerprint density at radius 1 is 1.21 bits per heavy atom. The van der Waals surface area contributed by atoms with Gasteiger partial charge in [0.1, 0.15) is 4.90 Å². The number of aromatic nitrogens is 2. The van der Waals surface area contributed by atoms with Gasteiger partial charge in [-0.05, 0) is 24.9 Å². The zero-order chi connectivity index (χ0) is 14.1. The molecular weight excluding hydrogens is 284 g/mol. The lowest BCUT2D eigenvalue weighted by atomic mass is 10.2. The summed E-state index contributed by atoms with van der Waals surface area (Å²) in [4.78, 5) is 7.38. The van der Waals surface area contributed by atoms with Gasteiger partial charge in [-0.1, -0.05) is 12.8 Å². The molecule has 0 radical (unpaired) electrons. The predicted octanol–water partition coefficient (Wildman–Crippen LogP) is 1.26. The van der Waals surface area contributed by atoms with Crippen LogP contribution in [0.1, 0.15) is 25.7 Å². The summed E-state index contributed by atoms with van der Waals surface area (Å²) in [6.45, 7) is 0.436. The van der Waals surface area contributed by atoms with Crippen LogP contribution in [0.2, 0.25) is 0 Å². The van der Waals surface area contributed by atoms with Gasteiger partial charge < -0.3 is 5.73 Å². The van der Waals surface area contributed by atoms with E-state index >= 15 is 0 Å². The highest BCUT2D eigenvalue weighted by Crippen LogP contribution is 2.07. The third-order valence-electron chi connectivity index (χ3n) is 2.53. The number of anilines is 1. The van der Waals surface area contributed by atoms with Gasteiger partial charge >= 0.3 is 0 Å². The molecule has 0 aliphatic carbocycles. The predicted molar refractivity (Wildman–Crippen MR) is 78.5 cm³/mol. The minimum absolute atomic E-state index is 0.0454. The molecule has 108 valence electrons. The average molecular weight is 304 g/mol. The molecule has 1 rings (SSSR count). The summed E-state index contributed by atoms with van der Waals surface area (Å²) < 4.78 is 26.2. The second kappa shape index (κ2) is 8.34. The molecule has 0 saturated carbocycles. The first-order chi connectivity index (χ1) is 9.06. The highest BCUT2D eigenvalue weighted by Gasteiger charge is 2.13. The molecule has 0 aliphatic heterocycles. The number of thioether (sulfide) groups is 1. The lowest BCUT2D eigenvalue weighted by molar-refractivity contribution is 0.573. The molecule has 0 unspecified atom stereocenters. The molecule has 8 heteroatoms. The third-order valence-corrected chi connectivity index (χ3v) is 4.64. The monoisotopic (exact) mass is 304 g/mol. The number of hydrogen-bond donors (Lipinski definition) is 2. The molecule has 0 saturated heterocycles. The second-order valence-corrected chi connectivity index (χ2v) is 6.83. The van der Waals surface area contributed by atoms with Crippen molar-refractivity contribution in [3.8, 4) is 0 Å². The Balaban J connectivity index is 2.29. The molecule has 0 fully saturated rings. The molecule has 1 aromatic heterocycles. The topological polar surface area (TPSA) is 98.0 Å². The molecule has 0 aromatic carbocycles. The van der Waals surface area contributed by atoms with E-state index in [1.807, 2.05) is 11.8 Å². The highest BCUT2D eigenvalue weighted by molar-refractivity contribution is 7.98. The number of nitrogens with zero attached hydrogens (tertiary/aromatic N) is 2. The van der Waals surface area contributed by atoms with E-state index in [0.717, 1.165) is 25.0 Å². The molecule has 0 spiro atoms. The molecule has 0 amide bonds. The van der Waals surface area contributed by atoms with Crippen molar-refractivity contribution in [2.45, 2.75) is 30.6 Å². The number of nitrogens with one attached hydrogen (secondary N) is 1. The largest absolute Gasteiger partial charge is 0.368 e. The summed E-state index contributed by atoms with van der Waals surface area (Å²) in [6, 6.07) is 0. The van der Waals surface area contributed by atoms with Crippen molar-refractivity contribution >= 4 is 27.7 Å². The van der Waals surface area contributed by atoms with Crippen LogP contribution in [0, 0.1) is 0 Å². The molecule has 1 aromatic rings. The van der Waals surface area contributed by atoms with Crippen LogP contribution in [0.4, 0.5) is 5.95 Å². The van der Waals surface area contributed by atoms with Gasteiger partial charge in [-0.15, -0.1) is 0 Å². The molecule has 0 bridgehead atoms. The summed E-state index contributed by atoms with van der Waals surface area (Å²) in [5.74, 6) is 1.22. The van der Waals surface area contributed by atoms with Crippen LogP contribution in [0.3, 0.4) is 0 Å². The molecular formula is C11H20N4O2S2. The van der Waals surface area contributed by atoms with E-state index in [1.165, 1.54) is 18.8 Å². The van der Waals surface area contributed by atoms with Crippen molar-refractivity contribution in [2.75, 3.05) is 24.3 Å². The van der Waals surface area contributed by atoms with Crippen LogP contribution in [0.25, 0.3) is 0 Å². The number of sulfonamides is 1. The first-order valence-corrected chi connectivity index (χ1v) is 9.00. The first kappa shape index (κ1) is 16.2. The molecule has 6 nitrogen and oxygen atoms in total. The molecule has 3 N–H and O–H groups in total. The zero-order valence-corrected chi connectivity index (χ0v) is 12.6. The average Bonchev–Trinajstić information content (AvgIpc) is 2.38. The van der Waals surface area contributed by atoms with E-state index in [-0.39, 0.29) is 10.8 Å². The zero-order valence-electron chi connectivity index (χ0n) is 11.0. The normalized spacial score (nSPS) is 11.6. The van der Waals surface area contributed by atoms with Crippen LogP contribution in [0.15, 0.2) is 17.3 Å². The number of nitrogen functional groups attached to an aromatic ring is 1. The van der Waals surface area contributed by atoms with Crippen molar-refractivity contribution in [1.82, 2.24) is 14.7 Å². The number of nitrogens with two attached hydrogens (primary N) is 1. The lowest BCUT2D eigenvalue weighted by Crippen LogP contribution is -2.25. The van der Waals surface area contributed by atoms with Gasteiger partial charge in [0.2, 0.25) is 16.0 Å². The number of hydrogen-bond acceptors (Lipinski definition) is 6. The van der Waals surface area contributed by atoms with Gasteiger partial charge in [0.25, 0.3) is 0 Å². The third kappa shape index (κ3) is 6.22. The summed E-state index contributed by atoms with van der Waals surface area (Å²) in [6.07, 6.45) is 8.69. The maximum Gasteiger partial charge on any atom is 0.243 e. The summed E-state index contributed by atoms with van der Waals surface area (Å²) in [5, 5.41) is 0. The maximum absolute atomic E-state index is 11.8. The SMILES string of the molecule is CSCCCCCCNS(=O)(=O)c1cnc(N)nc1. The van der Waals surface area contributed by atoms with E-state index in [2.05, 4.69) is 20.9 Å². The van der Waals surface area contributed by atoms with Crippen molar-refractivity contribution < 1.29 is 8.42 Å². The van der Waals surface area contributed by atoms with Crippen molar-refractivity contribution in [3.63, 3.8) is 0 Å². The fraction of sp³-hybridized carbons (Fsp3) is 0.636.